The summed E-state index contributed by atoms with van der Waals surface area (Å²) in [5.74, 6) is 0. The Morgan fingerprint density at radius 2 is 2.00 bits per heavy atom. The van der Waals surface area contributed by atoms with Crippen LogP contribution >= 0.6 is 0 Å². The topological polar surface area (TPSA) is 99.6 Å². The van der Waals surface area contributed by atoms with Crippen molar-refractivity contribution in [3.8, 4) is 6.07 Å². The second-order valence-corrected chi connectivity index (χ2v) is 6.76. The molecule has 0 aromatic heterocycles. The first-order valence-corrected chi connectivity index (χ1v) is 8.05. The van der Waals surface area contributed by atoms with E-state index in [0.29, 0.717) is 6.42 Å². The lowest BCUT2D eigenvalue weighted by Crippen LogP contribution is -2.48. The minimum atomic E-state index is -0.906. The molecule has 1 amide bonds. The number of aliphatic hydroxyl groups is 1. The van der Waals surface area contributed by atoms with Gasteiger partial charge >= 0.3 is 6.09 Å². The van der Waals surface area contributed by atoms with Crippen LogP contribution in [0.1, 0.15) is 32.8 Å². The van der Waals surface area contributed by atoms with E-state index in [-0.39, 0.29) is 19.5 Å². The Hall–Kier alpha value is -2.10. The molecule has 0 aliphatic rings. The summed E-state index contributed by atoms with van der Waals surface area (Å²) in [7, 11) is 0. The van der Waals surface area contributed by atoms with E-state index in [9.17, 15) is 9.90 Å². The van der Waals surface area contributed by atoms with Gasteiger partial charge in [-0.15, -0.1) is 0 Å². The summed E-state index contributed by atoms with van der Waals surface area (Å²) in [5, 5.41) is 19.1. The Labute approximate surface area is 143 Å². The number of hydrogen-bond donors (Lipinski definition) is 2. The van der Waals surface area contributed by atoms with Gasteiger partial charge in [0.05, 0.1) is 25.1 Å². The number of ether oxygens (including phenoxy) is 1. The molecule has 1 rings (SSSR count). The highest BCUT2D eigenvalue weighted by Crippen LogP contribution is 2.12. The molecule has 0 bridgehead atoms. The number of amides is 1. The van der Waals surface area contributed by atoms with Gasteiger partial charge in [0, 0.05) is 12.6 Å². The highest BCUT2D eigenvalue weighted by molar-refractivity contribution is 5.68. The number of rotatable bonds is 7. The lowest BCUT2D eigenvalue weighted by Gasteiger charge is -2.30. The third-order valence-electron chi connectivity index (χ3n) is 3.36. The maximum absolute atomic E-state index is 12.2. The summed E-state index contributed by atoms with van der Waals surface area (Å²) in [5.41, 5.74) is 6.44. The molecule has 0 spiro atoms. The third kappa shape index (κ3) is 7.44. The molecule has 0 aliphatic carbocycles. The second-order valence-electron chi connectivity index (χ2n) is 6.76. The first-order chi connectivity index (χ1) is 11.2. The summed E-state index contributed by atoms with van der Waals surface area (Å²) in [6.07, 6.45) is -0.789. The van der Waals surface area contributed by atoms with Crippen LogP contribution in [0.5, 0.6) is 0 Å². The van der Waals surface area contributed by atoms with Crippen LogP contribution in [0.4, 0.5) is 4.79 Å². The van der Waals surface area contributed by atoms with Gasteiger partial charge in [0.15, 0.2) is 0 Å². The number of nitrogens with zero attached hydrogens (tertiary/aromatic N) is 2. The van der Waals surface area contributed by atoms with Crippen LogP contribution < -0.4 is 5.73 Å². The van der Waals surface area contributed by atoms with Gasteiger partial charge in [-0.25, -0.2) is 4.79 Å². The minimum absolute atomic E-state index is 0.0323. The van der Waals surface area contributed by atoms with E-state index in [1.165, 1.54) is 4.90 Å². The van der Waals surface area contributed by atoms with Crippen LogP contribution in [0.3, 0.4) is 0 Å². The molecule has 6 nitrogen and oxygen atoms in total. The van der Waals surface area contributed by atoms with Crippen molar-refractivity contribution in [3.63, 3.8) is 0 Å². The summed E-state index contributed by atoms with van der Waals surface area (Å²) in [4.78, 5) is 13.6. The normalized spacial score (nSPS) is 13.7. The van der Waals surface area contributed by atoms with E-state index in [4.69, 9.17) is 15.7 Å². The predicted octanol–water partition coefficient (Wildman–Crippen LogP) is 2.07. The van der Waals surface area contributed by atoms with Gasteiger partial charge in [-0.3, -0.25) is 0 Å². The summed E-state index contributed by atoms with van der Waals surface area (Å²) >= 11 is 0. The number of benzene rings is 1. The molecule has 0 aliphatic heterocycles. The SMILES string of the molecule is CC(C)(C)OC(=O)N(CCC#N)CC(O)C(N)Cc1ccccc1. The first-order valence-electron chi connectivity index (χ1n) is 8.05. The zero-order valence-electron chi connectivity index (χ0n) is 14.6. The number of nitrogens with two attached hydrogens (primary N) is 1. The quantitative estimate of drug-likeness (QED) is 0.795. The van der Waals surface area contributed by atoms with Crippen LogP contribution in [0.25, 0.3) is 0 Å². The average Bonchev–Trinajstić information content (AvgIpc) is 2.50. The third-order valence-corrected chi connectivity index (χ3v) is 3.36. The fourth-order valence-electron chi connectivity index (χ4n) is 2.15. The molecular weight excluding hydrogens is 306 g/mol. The van der Waals surface area contributed by atoms with Gasteiger partial charge in [-0.2, -0.15) is 5.26 Å². The Morgan fingerprint density at radius 3 is 2.54 bits per heavy atom. The molecule has 6 heteroatoms. The number of carbonyl (C=O) groups is 1. The van der Waals surface area contributed by atoms with Crippen molar-refractivity contribution in [1.29, 1.82) is 5.26 Å². The number of hydrogen-bond acceptors (Lipinski definition) is 5. The van der Waals surface area contributed by atoms with Gasteiger partial charge in [-0.1, -0.05) is 30.3 Å². The van der Waals surface area contributed by atoms with E-state index in [0.717, 1.165) is 5.56 Å². The van der Waals surface area contributed by atoms with Gasteiger partial charge in [0.1, 0.15) is 5.60 Å². The molecule has 2 atom stereocenters. The maximum atomic E-state index is 12.2. The summed E-state index contributed by atoms with van der Waals surface area (Å²) < 4.78 is 5.32. The Bertz CT molecular complexity index is 549. The van der Waals surface area contributed by atoms with Gasteiger partial charge < -0.3 is 20.5 Å². The second kappa shape index (κ2) is 9.26. The smallest absolute Gasteiger partial charge is 0.410 e. The van der Waals surface area contributed by atoms with Crippen molar-refractivity contribution in [2.75, 3.05) is 13.1 Å². The Morgan fingerprint density at radius 1 is 1.38 bits per heavy atom. The van der Waals surface area contributed by atoms with Crippen molar-refractivity contribution >= 4 is 6.09 Å². The average molecular weight is 333 g/mol. The fraction of sp³-hybridized carbons (Fsp3) is 0.556. The molecule has 0 fully saturated rings. The number of carbonyl (C=O) groups excluding carboxylic acids is 1. The van der Waals surface area contributed by atoms with E-state index in [1.807, 2.05) is 36.4 Å². The van der Waals surface area contributed by atoms with E-state index in [1.54, 1.807) is 20.8 Å². The Kier molecular flexibility index (Phi) is 7.69. The van der Waals surface area contributed by atoms with Gasteiger partial charge in [0.2, 0.25) is 0 Å². The van der Waals surface area contributed by atoms with Crippen LogP contribution in [-0.2, 0) is 11.2 Å². The van der Waals surface area contributed by atoms with E-state index in [2.05, 4.69) is 0 Å². The lowest BCUT2D eigenvalue weighted by atomic mass is 10.0. The van der Waals surface area contributed by atoms with Crippen LogP contribution in [-0.4, -0.2) is 46.9 Å². The largest absolute Gasteiger partial charge is 0.444 e. The first kappa shape index (κ1) is 19.9. The van der Waals surface area contributed by atoms with Gasteiger partial charge in [0.25, 0.3) is 0 Å². The van der Waals surface area contributed by atoms with Crippen LogP contribution in [0.15, 0.2) is 30.3 Å². The summed E-state index contributed by atoms with van der Waals surface area (Å²) in [6, 6.07) is 11.1. The van der Waals surface area contributed by atoms with Crippen molar-refractivity contribution in [2.45, 2.75) is 51.4 Å². The molecule has 3 N–H and O–H groups in total. The van der Waals surface area contributed by atoms with Crippen molar-refractivity contribution in [1.82, 2.24) is 4.90 Å². The zero-order chi connectivity index (χ0) is 18.2. The van der Waals surface area contributed by atoms with Crippen molar-refractivity contribution in [3.05, 3.63) is 35.9 Å². The minimum Gasteiger partial charge on any atom is -0.444 e. The van der Waals surface area contributed by atoms with E-state index >= 15 is 0 Å². The molecule has 1 aromatic carbocycles. The van der Waals surface area contributed by atoms with Crippen LogP contribution in [0, 0.1) is 11.3 Å². The lowest BCUT2D eigenvalue weighted by molar-refractivity contribution is 0.0125. The number of nitriles is 1. The highest BCUT2D eigenvalue weighted by Gasteiger charge is 2.26. The molecule has 24 heavy (non-hydrogen) atoms. The molecule has 0 heterocycles. The van der Waals surface area contributed by atoms with Gasteiger partial charge in [-0.05, 0) is 32.8 Å². The highest BCUT2D eigenvalue weighted by atomic mass is 16.6. The molecular formula is C18H27N3O3. The predicted molar refractivity (Wildman–Crippen MR) is 92.2 cm³/mol. The van der Waals surface area contributed by atoms with Crippen molar-refractivity contribution < 1.29 is 14.6 Å². The number of aliphatic hydroxyl groups excluding tert-OH is 1. The van der Waals surface area contributed by atoms with Crippen LogP contribution in [0.2, 0.25) is 0 Å². The zero-order valence-corrected chi connectivity index (χ0v) is 14.6. The fourth-order valence-corrected chi connectivity index (χ4v) is 2.15. The monoisotopic (exact) mass is 333 g/mol. The van der Waals surface area contributed by atoms with E-state index < -0.39 is 23.8 Å². The molecule has 0 saturated heterocycles. The standard InChI is InChI=1S/C18H27N3O3/c1-18(2,3)24-17(23)21(11-7-10-19)13-16(22)15(20)12-14-8-5-4-6-9-14/h4-6,8-9,15-16,22H,7,11-13,20H2,1-3H3. The molecule has 0 saturated carbocycles. The van der Waals surface area contributed by atoms with Crippen molar-refractivity contribution in [2.24, 2.45) is 5.73 Å². The summed E-state index contributed by atoms with van der Waals surface area (Å²) in [6.45, 7) is 5.53. The molecule has 2 unspecified atom stereocenters. The maximum Gasteiger partial charge on any atom is 0.410 e. The molecule has 132 valence electrons. The Balaban J connectivity index is 2.67. The molecule has 1 aromatic rings. The molecule has 0 radical (unpaired) electrons.